The summed E-state index contributed by atoms with van der Waals surface area (Å²) >= 11 is 5.89. The van der Waals surface area contributed by atoms with Crippen molar-refractivity contribution in [2.45, 2.75) is 12.7 Å². The molecule has 1 saturated heterocycles. The van der Waals surface area contributed by atoms with E-state index in [2.05, 4.69) is 20.0 Å². The van der Waals surface area contributed by atoms with Crippen LogP contribution in [0, 0.1) is 0 Å². The zero-order valence-electron chi connectivity index (χ0n) is 18.4. The molecular formula is C24H20ClF3N6O. The fourth-order valence-electron chi connectivity index (χ4n) is 4.02. The summed E-state index contributed by atoms with van der Waals surface area (Å²) in [5, 5.41) is 4.34. The molecule has 3 heterocycles. The van der Waals surface area contributed by atoms with Gasteiger partial charge >= 0.3 is 6.18 Å². The molecule has 0 unspecified atom stereocenters. The van der Waals surface area contributed by atoms with Gasteiger partial charge in [-0.25, -0.2) is 4.98 Å². The quantitative estimate of drug-likeness (QED) is 0.415. The van der Waals surface area contributed by atoms with Crippen molar-refractivity contribution in [3.63, 3.8) is 0 Å². The molecule has 1 aliphatic rings. The van der Waals surface area contributed by atoms with Crippen molar-refractivity contribution < 1.29 is 18.0 Å². The van der Waals surface area contributed by atoms with Crippen molar-refractivity contribution in [1.82, 2.24) is 29.4 Å². The molecule has 0 N–H and O–H groups in total. The highest BCUT2D eigenvalue weighted by molar-refractivity contribution is 6.30. The van der Waals surface area contributed by atoms with Crippen LogP contribution in [0.1, 0.15) is 21.9 Å². The molecule has 180 valence electrons. The fourth-order valence-corrected chi connectivity index (χ4v) is 4.15. The van der Waals surface area contributed by atoms with Crippen LogP contribution in [-0.2, 0) is 12.7 Å². The lowest BCUT2D eigenvalue weighted by Crippen LogP contribution is -2.48. The zero-order chi connectivity index (χ0) is 24.6. The Bertz CT molecular complexity index is 1350. The number of amides is 1. The van der Waals surface area contributed by atoms with Crippen LogP contribution >= 0.6 is 11.6 Å². The number of halogens is 4. The molecule has 0 saturated carbocycles. The summed E-state index contributed by atoms with van der Waals surface area (Å²) in [6.07, 6.45) is -4.72. The van der Waals surface area contributed by atoms with Crippen molar-refractivity contribution in [3.05, 3.63) is 82.8 Å². The number of carbonyl (C=O) groups excluding carboxylic acids is 1. The lowest BCUT2D eigenvalue weighted by molar-refractivity contribution is -0.142. The molecule has 0 radical (unpaired) electrons. The maximum atomic E-state index is 13.8. The van der Waals surface area contributed by atoms with Gasteiger partial charge in [-0.3, -0.25) is 9.69 Å². The van der Waals surface area contributed by atoms with Gasteiger partial charge in [-0.1, -0.05) is 54.1 Å². The molecule has 0 aliphatic carbocycles. The zero-order valence-corrected chi connectivity index (χ0v) is 19.2. The average Bonchev–Trinajstić information content (AvgIpc) is 3.28. The molecule has 5 rings (SSSR count). The van der Waals surface area contributed by atoms with Gasteiger partial charge in [0.25, 0.3) is 11.7 Å². The van der Waals surface area contributed by atoms with Crippen LogP contribution in [0.5, 0.6) is 0 Å². The normalized spacial score (nSPS) is 15.0. The molecular weight excluding hydrogens is 481 g/mol. The molecule has 0 spiro atoms. The second-order valence-corrected chi connectivity index (χ2v) is 8.67. The first-order chi connectivity index (χ1) is 16.8. The number of hydrogen-bond acceptors (Lipinski definition) is 5. The van der Waals surface area contributed by atoms with Crippen LogP contribution in [0.15, 0.2) is 60.7 Å². The number of hydrogen-bond donors (Lipinski definition) is 0. The molecule has 0 bridgehead atoms. The van der Waals surface area contributed by atoms with Crippen LogP contribution in [0.25, 0.3) is 17.0 Å². The molecule has 35 heavy (non-hydrogen) atoms. The highest BCUT2D eigenvalue weighted by atomic mass is 35.5. The molecule has 1 fully saturated rings. The third-order valence-electron chi connectivity index (χ3n) is 5.84. The third-order valence-corrected chi connectivity index (χ3v) is 6.09. The predicted octanol–water partition coefficient (Wildman–Crippen LogP) is 4.42. The number of alkyl halides is 3. The van der Waals surface area contributed by atoms with E-state index < -0.39 is 17.8 Å². The third kappa shape index (κ3) is 4.98. The number of aromatic nitrogens is 4. The van der Waals surface area contributed by atoms with Gasteiger partial charge in [-0.15, -0.1) is 5.10 Å². The Balaban J connectivity index is 1.39. The number of nitrogens with zero attached hydrogens (tertiary/aromatic N) is 6. The van der Waals surface area contributed by atoms with Crippen molar-refractivity contribution in [3.8, 4) is 11.3 Å². The molecule has 4 aromatic rings. The summed E-state index contributed by atoms with van der Waals surface area (Å²) in [7, 11) is 0. The second-order valence-electron chi connectivity index (χ2n) is 8.23. The van der Waals surface area contributed by atoms with Crippen LogP contribution in [0.3, 0.4) is 0 Å². The van der Waals surface area contributed by atoms with Gasteiger partial charge in [0.1, 0.15) is 0 Å². The highest BCUT2D eigenvalue weighted by Gasteiger charge is 2.36. The molecule has 1 aliphatic heterocycles. The van der Waals surface area contributed by atoms with Crippen LogP contribution in [-0.4, -0.2) is 61.5 Å². The van der Waals surface area contributed by atoms with Crippen LogP contribution in [0.2, 0.25) is 5.02 Å². The minimum atomic E-state index is -4.72. The maximum absolute atomic E-state index is 13.8. The molecule has 2 aromatic carbocycles. The number of rotatable bonds is 4. The monoisotopic (exact) mass is 500 g/mol. The summed E-state index contributed by atoms with van der Waals surface area (Å²) in [5.74, 6) is -1.13. The predicted molar refractivity (Wildman–Crippen MR) is 124 cm³/mol. The number of piperazine rings is 1. The van der Waals surface area contributed by atoms with Crippen molar-refractivity contribution >= 4 is 23.3 Å². The first-order valence-corrected chi connectivity index (χ1v) is 11.3. The van der Waals surface area contributed by atoms with Gasteiger partial charge in [-0.2, -0.15) is 22.7 Å². The fraction of sp³-hybridized carbons (Fsp3) is 0.250. The molecule has 2 aromatic heterocycles. The number of carbonyl (C=O) groups is 1. The van der Waals surface area contributed by atoms with E-state index in [1.165, 1.54) is 5.56 Å². The first kappa shape index (κ1) is 23.3. The number of benzene rings is 2. The second kappa shape index (κ2) is 9.27. The van der Waals surface area contributed by atoms with E-state index in [4.69, 9.17) is 11.6 Å². The average molecular weight is 501 g/mol. The standard InChI is InChI=1S/C24H20ClF3N6O/c25-18-8-6-17(7-9-18)19-14-20(24(26,27)28)34-23(29-19)30-21(31-34)22(35)33-12-10-32(11-13-33)15-16-4-2-1-3-5-16/h1-9,14H,10-13,15H2. The lowest BCUT2D eigenvalue weighted by Gasteiger charge is -2.34. The summed E-state index contributed by atoms with van der Waals surface area (Å²) in [5.41, 5.74) is 0.610. The van der Waals surface area contributed by atoms with E-state index in [0.717, 1.165) is 12.6 Å². The minimum absolute atomic E-state index is 0.0578. The van der Waals surface area contributed by atoms with Crippen molar-refractivity contribution in [1.29, 1.82) is 0 Å². The highest BCUT2D eigenvalue weighted by Crippen LogP contribution is 2.32. The minimum Gasteiger partial charge on any atom is -0.333 e. The SMILES string of the molecule is O=C(c1nc2nc(-c3ccc(Cl)cc3)cc(C(F)(F)F)n2n1)N1CCN(Cc2ccccc2)CC1. The first-order valence-electron chi connectivity index (χ1n) is 10.9. The van der Waals surface area contributed by atoms with E-state index in [1.807, 2.05) is 30.3 Å². The van der Waals surface area contributed by atoms with E-state index in [-0.39, 0.29) is 17.3 Å². The van der Waals surface area contributed by atoms with E-state index in [1.54, 1.807) is 29.2 Å². The van der Waals surface area contributed by atoms with Gasteiger partial charge in [-0.05, 0) is 23.8 Å². The van der Waals surface area contributed by atoms with Gasteiger partial charge in [0.15, 0.2) is 5.69 Å². The van der Waals surface area contributed by atoms with Crippen LogP contribution in [0.4, 0.5) is 13.2 Å². The Labute approximate surface area is 203 Å². The Morgan fingerprint density at radius 3 is 2.29 bits per heavy atom. The Morgan fingerprint density at radius 2 is 1.63 bits per heavy atom. The van der Waals surface area contributed by atoms with Crippen LogP contribution < -0.4 is 0 Å². The summed E-state index contributed by atoms with van der Waals surface area (Å²) < 4.78 is 42.1. The Hall–Kier alpha value is -3.50. The largest absolute Gasteiger partial charge is 0.433 e. The molecule has 1 amide bonds. The number of fused-ring (bicyclic) bond motifs is 1. The smallest absolute Gasteiger partial charge is 0.333 e. The Kier molecular flexibility index (Phi) is 6.16. The topological polar surface area (TPSA) is 66.6 Å². The van der Waals surface area contributed by atoms with E-state index in [0.29, 0.717) is 41.3 Å². The molecule has 0 atom stereocenters. The van der Waals surface area contributed by atoms with Gasteiger partial charge in [0, 0.05) is 43.3 Å². The van der Waals surface area contributed by atoms with E-state index >= 15 is 0 Å². The summed E-state index contributed by atoms with van der Waals surface area (Å²) in [4.78, 5) is 25.1. The van der Waals surface area contributed by atoms with E-state index in [9.17, 15) is 18.0 Å². The molecule has 7 nitrogen and oxygen atoms in total. The lowest BCUT2D eigenvalue weighted by atomic mass is 10.1. The maximum Gasteiger partial charge on any atom is 0.433 e. The summed E-state index contributed by atoms with van der Waals surface area (Å²) in [6.45, 7) is 2.90. The molecule has 11 heteroatoms. The van der Waals surface area contributed by atoms with Gasteiger partial charge < -0.3 is 4.90 Å². The van der Waals surface area contributed by atoms with Crippen molar-refractivity contribution in [2.24, 2.45) is 0 Å². The van der Waals surface area contributed by atoms with Gasteiger partial charge in [0.05, 0.1) is 5.69 Å². The van der Waals surface area contributed by atoms with Crippen molar-refractivity contribution in [2.75, 3.05) is 26.2 Å². The van der Waals surface area contributed by atoms with Gasteiger partial charge in [0.2, 0.25) is 5.82 Å². The summed E-state index contributed by atoms with van der Waals surface area (Å²) in [6, 6.07) is 17.2. The Morgan fingerprint density at radius 1 is 0.943 bits per heavy atom.